The summed E-state index contributed by atoms with van der Waals surface area (Å²) in [5.74, 6) is 0. The molecular weight excluding hydrogens is 184 g/mol. The van der Waals surface area contributed by atoms with Crippen LogP contribution >= 0.6 is 0 Å². The van der Waals surface area contributed by atoms with Crippen LogP contribution in [0, 0.1) is 0 Å². The second-order valence-electron chi connectivity index (χ2n) is 0.448. The van der Waals surface area contributed by atoms with Crippen molar-refractivity contribution in [2.24, 2.45) is 0 Å². The Labute approximate surface area is 72.4 Å². The standard InChI is InChI=1S/H2O4S.Sr/c1-5(2,3)4;/h(H2,1,2,3,4);. The van der Waals surface area contributed by atoms with E-state index in [0.29, 0.717) is 0 Å². The zero-order valence-electron chi connectivity index (χ0n) is 2.83. The molecule has 0 spiro atoms. The summed E-state index contributed by atoms with van der Waals surface area (Å²) in [6.45, 7) is 0. The molecular formula is H2O4SSr. The molecule has 0 saturated heterocycles. The third kappa shape index (κ3) is 55.5. The summed E-state index contributed by atoms with van der Waals surface area (Å²) in [4.78, 5) is 0. The average molecular weight is 186 g/mol. The number of rotatable bonds is 0. The van der Waals surface area contributed by atoms with Crippen molar-refractivity contribution >= 4 is 55.9 Å². The van der Waals surface area contributed by atoms with Gasteiger partial charge in [0.2, 0.25) is 0 Å². The summed E-state index contributed by atoms with van der Waals surface area (Å²) in [5.41, 5.74) is 0. The topological polar surface area (TPSA) is 74.6 Å². The molecule has 6 heteroatoms. The first-order chi connectivity index (χ1) is 2.00. The van der Waals surface area contributed by atoms with Crippen LogP contribution in [0.25, 0.3) is 0 Å². The molecule has 0 saturated carbocycles. The van der Waals surface area contributed by atoms with Gasteiger partial charge in [-0.25, -0.2) is 0 Å². The molecule has 0 unspecified atom stereocenters. The van der Waals surface area contributed by atoms with E-state index in [1.165, 1.54) is 0 Å². The fraction of sp³-hybridized carbons (Fsp3) is 0. The number of hydrogen-bond acceptors (Lipinski definition) is 2. The normalized spacial score (nSPS) is 9.67. The van der Waals surface area contributed by atoms with Gasteiger partial charge < -0.3 is 0 Å². The Morgan fingerprint density at radius 3 is 1.17 bits per heavy atom. The van der Waals surface area contributed by atoms with Gasteiger partial charge in [-0.1, -0.05) is 0 Å². The molecule has 0 rings (SSSR count). The maximum atomic E-state index is 8.74. The third-order valence-electron chi connectivity index (χ3n) is 0. The fourth-order valence-electron chi connectivity index (χ4n) is 0. The molecule has 0 amide bonds. The van der Waals surface area contributed by atoms with Gasteiger partial charge in [0, 0.05) is 45.5 Å². The quantitative estimate of drug-likeness (QED) is 0.374. The van der Waals surface area contributed by atoms with Gasteiger partial charge in [-0.05, 0) is 0 Å². The van der Waals surface area contributed by atoms with Gasteiger partial charge in [-0.15, -0.1) is 0 Å². The van der Waals surface area contributed by atoms with E-state index in [0.717, 1.165) is 0 Å². The summed E-state index contributed by atoms with van der Waals surface area (Å²) >= 11 is 0. The van der Waals surface area contributed by atoms with E-state index >= 15 is 0 Å². The van der Waals surface area contributed by atoms with Gasteiger partial charge in [0.25, 0.3) is 0 Å². The fourth-order valence-corrected chi connectivity index (χ4v) is 0. The molecule has 0 aromatic heterocycles. The Bertz CT molecular complexity index is 90.7. The zero-order valence-corrected chi connectivity index (χ0v) is 7.12. The molecule has 6 heavy (non-hydrogen) atoms. The van der Waals surface area contributed by atoms with Gasteiger partial charge in [0.1, 0.15) is 0 Å². The summed E-state index contributed by atoms with van der Waals surface area (Å²) in [6, 6.07) is 0. The van der Waals surface area contributed by atoms with Crippen LogP contribution in [0.15, 0.2) is 0 Å². The molecule has 2 N–H and O–H groups in total. The van der Waals surface area contributed by atoms with Crippen LogP contribution < -0.4 is 0 Å². The molecule has 2 radical (unpaired) electrons. The zero-order chi connectivity index (χ0) is 4.50. The molecule has 0 aliphatic rings. The Hall–Kier alpha value is 1.35. The second kappa shape index (κ2) is 3.36. The average Bonchev–Trinajstić information content (AvgIpc) is 0.722. The van der Waals surface area contributed by atoms with Crippen molar-refractivity contribution in [3.05, 3.63) is 0 Å². The first-order valence-corrected chi connectivity index (χ1v) is 2.10. The predicted octanol–water partition coefficient (Wildman–Crippen LogP) is -1.03. The summed E-state index contributed by atoms with van der Waals surface area (Å²) in [7, 11) is -4.67. The maximum Gasteiger partial charge on any atom is 0.394 e. The second-order valence-corrected chi connectivity index (χ2v) is 1.34. The first-order valence-electron chi connectivity index (χ1n) is 0.698. The molecule has 0 bridgehead atoms. The molecule has 34 valence electrons. The SMILES string of the molecule is O=S(=O)(O)O.[Sr]. The van der Waals surface area contributed by atoms with E-state index in [1.807, 2.05) is 0 Å². The van der Waals surface area contributed by atoms with Crippen molar-refractivity contribution in [1.29, 1.82) is 0 Å². The van der Waals surface area contributed by atoms with Crippen LogP contribution in [0.1, 0.15) is 0 Å². The molecule has 4 nitrogen and oxygen atoms in total. The van der Waals surface area contributed by atoms with Crippen LogP contribution in [0.5, 0.6) is 0 Å². The van der Waals surface area contributed by atoms with E-state index in [2.05, 4.69) is 0 Å². The monoisotopic (exact) mass is 186 g/mol. The molecule has 0 heterocycles. The molecule has 0 aromatic carbocycles. The Morgan fingerprint density at radius 2 is 1.17 bits per heavy atom. The molecule has 0 aliphatic heterocycles. The number of hydrogen-bond donors (Lipinski definition) is 2. The van der Waals surface area contributed by atoms with Crippen molar-refractivity contribution in [1.82, 2.24) is 0 Å². The van der Waals surface area contributed by atoms with E-state index in [4.69, 9.17) is 17.5 Å². The van der Waals surface area contributed by atoms with Gasteiger partial charge >= 0.3 is 10.4 Å². The van der Waals surface area contributed by atoms with Crippen LogP contribution in [-0.4, -0.2) is 63.0 Å². The predicted molar refractivity (Wildman–Crippen MR) is 19.9 cm³/mol. The van der Waals surface area contributed by atoms with Gasteiger partial charge in [-0.3, -0.25) is 9.11 Å². The van der Waals surface area contributed by atoms with Crippen LogP contribution in [0.4, 0.5) is 0 Å². The minimum Gasteiger partial charge on any atom is -0.264 e. The van der Waals surface area contributed by atoms with Crippen molar-refractivity contribution in [3.63, 3.8) is 0 Å². The van der Waals surface area contributed by atoms with Crippen LogP contribution in [0.2, 0.25) is 0 Å². The minimum atomic E-state index is -4.67. The van der Waals surface area contributed by atoms with Crippen LogP contribution in [-0.2, 0) is 10.4 Å². The van der Waals surface area contributed by atoms with Crippen LogP contribution in [0.3, 0.4) is 0 Å². The largest absolute Gasteiger partial charge is 0.394 e. The molecule has 0 aliphatic carbocycles. The summed E-state index contributed by atoms with van der Waals surface area (Å²) < 4.78 is 31.6. The Balaban J connectivity index is 0. The van der Waals surface area contributed by atoms with Gasteiger partial charge in [0.15, 0.2) is 0 Å². The van der Waals surface area contributed by atoms with E-state index < -0.39 is 10.4 Å². The van der Waals surface area contributed by atoms with Crippen molar-refractivity contribution < 1.29 is 17.5 Å². The van der Waals surface area contributed by atoms with Gasteiger partial charge in [-0.2, -0.15) is 8.42 Å². The summed E-state index contributed by atoms with van der Waals surface area (Å²) in [5, 5.41) is 0. The molecule has 0 aromatic rings. The van der Waals surface area contributed by atoms with Crippen molar-refractivity contribution in [2.45, 2.75) is 0 Å². The maximum absolute atomic E-state index is 8.74. The third-order valence-corrected chi connectivity index (χ3v) is 0. The Kier molecular flexibility index (Phi) is 5.81. The Morgan fingerprint density at radius 1 is 1.17 bits per heavy atom. The first kappa shape index (κ1) is 10.4. The van der Waals surface area contributed by atoms with Crippen molar-refractivity contribution in [3.8, 4) is 0 Å². The van der Waals surface area contributed by atoms with Crippen molar-refractivity contribution in [2.75, 3.05) is 0 Å². The smallest absolute Gasteiger partial charge is 0.264 e. The van der Waals surface area contributed by atoms with E-state index in [1.54, 1.807) is 0 Å². The molecule has 0 atom stereocenters. The summed E-state index contributed by atoms with van der Waals surface area (Å²) in [6.07, 6.45) is 0. The van der Waals surface area contributed by atoms with E-state index in [-0.39, 0.29) is 45.5 Å². The molecule has 0 fully saturated rings. The van der Waals surface area contributed by atoms with Gasteiger partial charge in [0.05, 0.1) is 0 Å². The van der Waals surface area contributed by atoms with E-state index in [9.17, 15) is 0 Å². The minimum absolute atomic E-state index is 0.